The van der Waals surface area contributed by atoms with Gasteiger partial charge < -0.3 is 15.0 Å². The van der Waals surface area contributed by atoms with Crippen LogP contribution in [0, 0.1) is 0 Å². The Morgan fingerprint density at radius 2 is 1.78 bits per heavy atom. The Morgan fingerprint density at radius 3 is 2.44 bits per heavy atom. The van der Waals surface area contributed by atoms with E-state index in [9.17, 15) is 18.4 Å². The fourth-order valence-corrected chi connectivity index (χ4v) is 4.62. The van der Waals surface area contributed by atoms with E-state index in [1.165, 1.54) is 30.3 Å². The molecule has 1 amide bonds. The van der Waals surface area contributed by atoms with Crippen LogP contribution in [0.5, 0.6) is 5.75 Å². The van der Waals surface area contributed by atoms with E-state index in [1.54, 1.807) is 19.2 Å². The molecule has 9 heteroatoms. The molecule has 0 aliphatic heterocycles. The number of aromatic nitrogens is 1. The van der Waals surface area contributed by atoms with E-state index in [1.807, 2.05) is 42.1 Å². The van der Waals surface area contributed by atoms with Crippen molar-refractivity contribution in [3.8, 4) is 16.9 Å². The summed E-state index contributed by atoms with van der Waals surface area (Å²) in [5, 5.41) is 11.4. The summed E-state index contributed by atoms with van der Waals surface area (Å²) in [5.74, 6) is 0.0239. The average molecular weight is 452 g/mol. The van der Waals surface area contributed by atoms with E-state index in [-0.39, 0.29) is 20.6 Å². The molecule has 0 unspecified atom stereocenters. The molecule has 3 N–H and O–H groups in total. The van der Waals surface area contributed by atoms with Gasteiger partial charge in [0.15, 0.2) is 0 Å². The molecule has 0 aliphatic rings. The number of nitrogens with zero attached hydrogens (tertiary/aromatic N) is 2. The van der Waals surface area contributed by atoms with Gasteiger partial charge in [0.05, 0.1) is 17.7 Å². The number of carbonyl (C=O) groups is 1. The second-order valence-corrected chi connectivity index (χ2v) is 8.99. The van der Waals surface area contributed by atoms with Crippen molar-refractivity contribution in [2.45, 2.75) is 4.90 Å². The first-order chi connectivity index (χ1) is 15.2. The highest BCUT2D eigenvalue weighted by Gasteiger charge is 2.24. The van der Waals surface area contributed by atoms with E-state index in [0.29, 0.717) is 5.75 Å². The molecule has 0 saturated heterocycles. The maximum absolute atomic E-state index is 12.9. The number of hydrogen-bond donors (Lipinski definition) is 2. The van der Waals surface area contributed by atoms with Crippen molar-refractivity contribution < 1.29 is 23.2 Å². The number of rotatable bonds is 6. The van der Waals surface area contributed by atoms with E-state index < -0.39 is 15.9 Å². The standard InChI is InChI=1S/C23H21N3O5S/c1-25-14-21(16-4-3-5-18(12-16)31-2)20-13-17(8-11-22(20)25)26(28)32(29,30)19-9-6-15(7-10-19)23(24)27/h3-14,28H,1-2H3,(H2,24,27). The number of primary amides is 1. The molecule has 0 bridgehead atoms. The lowest BCUT2D eigenvalue weighted by molar-refractivity contribution is 0.1000. The number of nitrogens with two attached hydrogens (primary N) is 1. The molecular formula is C23H21N3O5S. The fraction of sp³-hybridized carbons (Fsp3) is 0.0870. The van der Waals surface area contributed by atoms with Crippen LogP contribution >= 0.6 is 0 Å². The van der Waals surface area contributed by atoms with Gasteiger partial charge in [-0.3, -0.25) is 10.0 Å². The van der Waals surface area contributed by atoms with E-state index in [2.05, 4.69) is 0 Å². The van der Waals surface area contributed by atoms with Crippen LogP contribution in [0.25, 0.3) is 22.0 Å². The van der Waals surface area contributed by atoms with Gasteiger partial charge >= 0.3 is 0 Å². The van der Waals surface area contributed by atoms with Crippen LogP contribution < -0.4 is 14.9 Å². The smallest absolute Gasteiger partial charge is 0.286 e. The van der Waals surface area contributed by atoms with Crippen LogP contribution in [0.4, 0.5) is 5.69 Å². The van der Waals surface area contributed by atoms with Crippen molar-refractivity contribution >= 4 is 32.5 Å². The van der Waals surface area contributed by atoms with Gasteiger partial charge in [-0.1, -0.05) is 12.1 Å². The van der Waals surface area contributed by atoms with E-state index in [0.717, 1.165) is 22.0 Å². The van der Waals surface area contributed by atoms with Gasteiger partial charge in [0.2, 0.25) is 5.91 Å². The van der Waals surface area contributed by atoms with Crippen molar-refractivity contribution in [1.29, 1.82) is 0 Å². The summed E-state index contributed by atoms with van der Waals surface area (Å²) in [5.41, 5.74) is 8.06. The third-order valence-corrected chi connectivity index (χ3v) is 6.77. The fourth-order valence-electron chi connectivity index (χ4n) is 3.55. The number of fused-ring (bicyclic) bond motifs is 1. The molecule has 4 aromatic rings. The summed E-state index contributed by atoms with van der Waals surface area (Å²) >= 11 is 0. The zero-order valence-corrected chi connectivity index (χ0v) is 18.2. The largest absolute Gasteiger partial charge is 0.497 e. The van der Waals surface area contributed by atoms with Crippen LogP contribution in [0.1, 0.15) is 10.4 Å². The summed E-state index contributed by atoms with van der Waals surface area (Å²) in [7, 11) is -0.798. The van der Waals surface area contributed by atoms with Crippen LogP contribution in [-0.2, 0) is 17.1 Å². The lowest BCUT2D eigenvalue weighted by atomic mass is 10.0. The third kappa shape index (κ3) is 3.68. The SMILES string of the molecule is COc1cccc(-c2cn(C)c3ccc(N(O)S(=O)(=O)c4ccc(C(N)=O)cc4)cc23)c1. The Bertz CT molecular complexity index is 1430. The molecule has 0 fully saturated rings. The van der Waals surface area contributed by atoms with Gasteiger partial charge in [0.25, 0.3) is 10.0 Å². The molecule has 3 aromatic carbocycles. The van der Waals surface area contributed by atoms with E-state index in [4.69, 9.17) is 10.5 Å². The highest BCUT2D eigenvalue weighted by atomic mass is 32.2. The van der Waals surface area contributed by atoms with Crippen molar-refractivity contribution in [2.75, 3.05) is 11.6 Å². The predicted molar refractivity (Wildman–Crippen MR) is 121 cm³/mol. The molecule has 8 nitrogen and oxygen atoms in total. The maximum atomic E-state index is 12.9. The first-order valence-corrected chi connectivity index (χ1v) is 11.0. The van der Waals surface area contributed by atoms with Gasteiger partial charge in [-0.05, 0) is 60.2 Å². The molecule has 1 aromatic heterocycles. The zero-order chi connectivity index (χ0) is 23.0. The number of benzene rings is 3. The molecule has 0 saturated carbocycles. The quantitative estimate of drug-likeness (QED) is 0.435. The molecule has 1 heterocycles. The minimum absolute atomic E-state index is 0.0758. The number of methoxy groups -OCH3 is 1. The number of anilines is 1. The molecule has 164 valence electrons. The number of ether oxygens (including phenoxy) is 1. The third-order valence-electron chi connectivity index (χ3n) is 5.24. The zero-order valence-electron chi connectivity index (χ0n) is 17.4. The monoisotopic (exact) mass is 451 g/mol. The number of aryl methyl sites for hydroxylation is 1. The van der Waals surface area contributed by atoms with Crippen LogP contribution in [0.2, 0.25) is 0 Å². The lowest BCUT2D eigenvalue weighted by Crippen LogP contribution is -2.27. The lowest BCUT2D eigenvalue weighted by Gasteiger charge is -2.17. The minimum Gasteiger partial charge on any atom is -0.497 e. The van der Waals surface area contributed by atoms with Crippen LogP contribution in [0.3, 0.4) is 0 Å². The predicted octanol–water partition coefficient (Wildman–Crippen LogP) is 3.54. The Morgan fingerprint density at radius 1 is 1.06 bits per heavy atom. The van der Waals surface area contributed by atoms with Crippen LogP contribution in [-0.4, -0.2) is 31.2 Å². The van der Waals surface area contributed by atoms with Gasteiger partial charge in [-0.25, -0.2) is 0 Å². The number of hydrogen-bond acceptors (Lipinski definition) is 5. The second-order valence-electron chi connectivity index (χ2n) is 7.22. The number of sulfonamides is 1. The van der Waals surface area contributed by atoms with E-state index >= 15 is 0 Å². The van der Waals surface area contributed by atoms with Crippen molar-refractivity contribution in [2.24, 2.45) is 12.8 Å². The summed E-state index contributed by atoms with van der Waals surface area (Å²) in [6.45, 7) is 0. The molecule has 32 heavy (non-hydrogen) atoms. The first-order valence-electron chi connectivity index (χ1n) is 9.60. The maximum Gasteiger partial charge on any atom is 0.286 e. The molecule has 0 atom stereocenters. The highest BCUT2D eigenvalue weighted by molar-refractivity contribution is 7.92. The minimum atomic E-state index is -4.27. The van der Waals surface area contributed by atoms with Gasteiger partial charge in [-0.2, -0.15) is 8.42 Å². The van der Waals surface area contributed by atoms with Gasteiger partial charge in [0.1, 0.15) is 5.75 Å². The Balaban J connectivity index is 1.78. The molecule has 0 radical (unpaired) electrons. The summed E-state index contributed by atoms with van der Waals surface area (Å²) in [6.07, 6.45) is 1.93. The molecule has 0 aliphatic carbocycles. The van der Waals surface area contributed by atoms with Crippen molar-refractivity contribution in [1.82, 2.24) is 4.57 Å². The molecule has 0 spiro atoms. The topological polar surface area (TPSA) is 115 Å². The Labute approximate surface area is 185 Å². The Kier molecular flexibility index (Phi) is 5.37. The van der Waals surface area contributed by atoms with Gasteiger partial charge in [0, 0.05) is 35.3 Å². The highest BCUT2D eigenvalue weighted by Crippen LogP contribution is 2.35. The molecule has 4 rings (SSSR count). The summed E-state index contributed by atoms with van der Waals surface area (Å²) in [6, 6.07) is 17.4. The normalized spacial score (nSPS) is 11.5. The van der Waals surface area contributed by atoms with Crippen molar-refractivity contribution in [3.63, 3.8) is 0 Å². The Hall–Kier alpha value is -3.82. The van der Waals surface area contributed by atoms with Crippen molar-refractivity contribution in [3.05, 3.63) is 78.5 Å². The van der Waals surface area contributed by atoms with Gasteiger partial charge in [-0.15, -0.1) is 4.47 Å². The summed E-state index contributed by atoms with van der Waals surface area (Å²) in [4.78, 5) is 11.1. The number of carbonyl (C=O) groups excluding carboxylic acids is 1. The number of amides is 1. The summed E-state index contributed by atoms with van der Waals surface area (Å²) < 4.78 is 33.3. The first kappa shape index (κ1) is 21.4. The van der Waals surface area contributed by atoms with Crippen LogP contribution in [0.15, 0.2) is 77.8 Å². The average Bonchev–Trinajstić information content (AvgIpc) is 3.14. The molecular weight excluding hydrogens is 430 g/mol. The second kappa shape index (κ2) is 8.03.